The van der Waals surface area contributed by atoms with E-state index < -0.39 is 5.97 Å². The van der Waals surface area contributed by atoms with Gasteiger partial charge in [-0.05, 0) is 73.5 Å². The summed E-state index contributed by atoms with van der Waals surface area (Å²) < 4.78 is 5.82. The molecule has 1 aliphatic heterocycles. The van der Waals surface area contributed by atoms with Gasteiger partial charge in [0.15, 0.2) is 0 Å². The third-order valence-corrected chi connectivity index (χ3v) is 8.06. The Balaban J connectivity index is 1.48. The van der Waals surface area contributed by atoms with Gasteiger partial charge in [0, 0.05) is 35.2 Å². The fraction of sp³-hybridized carbons (Fsp3) is 0.464. The summed E-state index contributed by atoms with van der Waals surface area (Å²) in [4.78, 5) is 17.4. The highest BCUT2D eigenvalue weighted by atomic mass is 16.5. The minimum absolute atomic E-state index is 0.284. The summed E-state index contributed by atoms with van der Waals surface area (Å²) in [6, 6.07) is 12.1. The van der Waals surface area contributed by atoms with Gasteiger partial charge in [-0.2, -0.15) is 0 Å². The van der Waals surface area contributed by atoms with Gasteiger partial charge < -0.3 is 14.8 Å². The van der Waals surface area contributed by atoms with Crippen molar-refractivity contribution in [2.24, 2.45) is 11.8 Å². The monoisotopic (exact) mass is 446 g/mol. The van der Waals surface area contributed by atoms with E-state index in [-0.39, 0.29) is 6.04 Å². The van der Waals surface area contributed by atoms with Gasteiger partial charge in [0.05, 0.1) is 12.7 Å². The smallest absolute Gasteiger partial charge is 0.335 e. The molecule has 2 atom stereocenters. The van der Waals surface area contributed by atoms with Crippen molar-refractivity contribution in [1.82, 2.24) is 9.88 Å². The number of methoxy groups -OCH3 is 1. The van der Waals surface area contributed by atoms with E-state index in [0.29, 0.717) is 5.56 Å². The van der Waals surface area contributed by atoms with E-state index in [1.165, 1.54) is 59.7 Å². The summed E-state index contributed by atoms with van der Waals surface area (Å²) in [5.41, 5.74) is 5.16. The van der Waals surface area contributed by atoms with Gasteiger partial charge in [0.2, 0.25) is 0 Å². The maximum absolute atomic E-state index is 11.4. The highest BCUT2D eigenvalue weighted by molar-refractivity contribution is 5.88. The largest absolute Gasteiger partial charge is 0.496 e. The van der Waals surface area contributed by atoms with Crippen LogP contribution in [0.2, 0.25) is 0 Å². The van der Waals surface area contributed by atoms with E-state index in [0.717, 1.165) is 37.1 Å². The number of fused-ring (bicyclic) bond motifs is 1. The standard InChI is InChI=1S/C28H34N2O3/c1-18-15-26(33-2)24(23-11-13-29-27(18)23)17-30-14-12-22(19-5-3-4-6-19)16-25(30)20-7-9-21(10-8-20)28(31)32/h7-11,13,15,19,22,25,29H,3-6,12,14,16-17H2,1-2H3,(H,31,32)/t22-,25?/m0/s1. The average Bonchev–Trinajstić information content (AvgIpc) is 3.54. The van der Waals surface area contributed by atoms with Crippen molar-refractivity contribution >= 4 is 16.9 Å². The minimum atomic E-state index is -0.870. The van der Waals surface area contributed by atoms with Gasteiger partial charge >= 0.3 is 5.97 Å². The van der Waals surface area contributed by atoms with E-state index in [4.69, 9.17) is 4.74 Å². The van der Waals surface area contributed by atoms with Crippen LogP contribution in [0.4, 0.5) is 0 Å². The number of hydrogen-bond acceptors (Lipinski definition) is 3. The van der Waals surface area contributed by atoms with Crippen LogP contribution in [-0.4, -0.2) is 34.6 Å². The Morgan fingerprint density at radius 2 is 1.88 bits per heavy atom. The van der Waals surface area contributed by atoms with Crippen molar-refractivity contribution in [2.45, 2.75) is 58.0 Å². The zero-order valence-corrected chi connectivity index (χ0v) is 19.6. The molecule has 2 aliphatic rings. The molecule has 5 rings (SSSR count). The van der Waals surface area contributed by atoms with E-state index in [1.54, 1.807) is 19.2 Å². The third-order valence-electron chi connectivity index (χ3n) is 8.06. The van der Waals surface area contributed by atoms with Crippen molar-refractivity contribution in [1.29, 1.82) is 0 Å². The van der Waals surface area contributed by atoms with Crippen LogP contribution in [0.1, 0.15) is 71.6 Å². The van der Waals surface area contributed by atoms with Crippen LogP contribution in [-0.2, 0) is 6.54 Å². The third kappa shape index (κ3) is 4.26. The molecule has 1 saturated carbocycles. The number of carboxylic acid groups (broad SMARTS) is 1. The number of carbonyl (C=O) groups is 1. The Labute approximate surface area is 195 Å². The number of hydrogen-bond donors (Lipinski definition) is 2. The number of ether oxygens (including phenoxy) is 1. The average molecular weight is 447 g/mol. The molecule has 2 N–H and O–H groups in total. The number of nitrogens with zero attached hydrogens (tertiary/aromatic N) is 1. The molecule has 2 aromatic carbocycles. The lowest BCUT2D eigenvalue weighted by molar-refractivity contribution is 0.0696. The fourth-order valence-electron chi connectivity index (χ4n) is 6.27. The van der Waals surface area contributed by atoms with Gasteiger partial charge in [-0.1, -0.05) is 37.8 Å². The van der Waals surface area contributed by atoms with Gasteiger partial charge in [-0.15, -0.1) is 0 Å². The number of aromatic nitrogens is 1. The molecule has 1 unspecified atom stereocenters. The molecular weight excluding hydrogens is 412 g/mol. The molecule has 2 fully saturated rings. The number of carboxylic acids is 1. The Morgan fingerprint density at radius 1 is 1.12 bits per heavy atom. The van der Waals surface area contributed by atoms with E-state index in [9.17, 15) is 9.90 Å². The number of nitrogens with one attached hydrogen (secondary N) is 1. The first-order valence-electron chi connectivity index (χ1n) is 12.3. The zero-order chi connectivity index (χ0) is 22.9. The summed E-state index contributed by atoms with van der Waals surface area (Å²) in [5, 5.41) is 10.6. The van der Waals surface area contributed by atoms with Crippen molar-refractivity contribution in [2.75, 3.05) is 13.7 Å². The van der Waals surface area contributed by atoms with Crippen LogP contribution >= 0.6 is 0 Å². The van der Waals surface area contributed by atoms with Crippen molar-refractivity contribution in [3.8, 4) is 5.75 Å². The Kier molecular flexibility index (Phi) is 6.15. The van der Waals surface area contributed by atoms with E-state index >= 15 is 0 Å². The van der Waals surface area contributed by atoms with E-state index in [2.05, 4.69) is 28.9 Å². The molecule has 0 spiro atoms. The summed E-state index contributed by atoms with van der Waals surface area (Å²) in [7, 11) is 1.76. The molecule has 2 heterocycles. The summed E-state index contributed by atoms with van der Waals surface area (Å²) in [6.45, 7) is 3.99. The molecule has 0 radical (unpaired) electrons. The summed E-state index contributed by atoms with van der Waals surface area (Å²) in [5.74, 6) is 1.67. The van der Waals surface area contributed by atoms with Gasteiger partial charge in [0.25, 0.3) is 0 Å². The Hall–Kier alpha value is -2.79. The molecule has 33 heavy (non-hydrogen) atoms. The first-order chi connectivity index (χ1) is 16.0. The van der Waals surface area contributed by atoms with Crippen LogP contribution in [0.15, 0.2) is 42.6 Å². The number of aryl methyl sites for hydroxylation is 1. The highest BCUT2D eigenvalue weighted by Crippen LogP contribution is 2.44. The first-order valence-corrected chi connectivity index (χ1v) is 12.3. The van der Waals surface area contributed by atoms with Crippen LogP contribution in [0.5, 0.6) is 5.75 Å². The molecular formula is C28H34N2O3. The topological polar surface area (TPSA) is 65.6 Å². The maximum Gasteiger partial charge on any atom is 0.335 e. The van der Waals surface area contributed by atoms with Crippen molar-refractivity contribution in [3.05, 3.63) is 64.8 Å². The second-order valence-corrected chi connectivity index (χ2v) is 9.88. The van der Waals surface area contributed by atoms with Gasteiger partial charge in [0.1, 0.15) is 5.75 Å². The lowest BCUT2D eigenvalue weighted by atomic mass is 9.78. The molecule has 1 aliphatic carbocycles. The second kappa shape index (κ2) is 9.22. The second-order valence-electron chi connectivity index (χ2n) is 9.88. The van der Waals surface area contributed by atoms with Crippen molar-refractivity contribution < 1.29 is 14.6 Å². The predicted molar refractivity (Wildman–Crippen MR) is 131 cm³/mol. The Morgan fingerprint density at radius 3 is 2.58 bits per heavy atom. The number of rotatable bonds is 6. The van der Waals surface area contributed by atoms with E-state index in [1.807, 2.05) is 18.3 Å². The Bertz CT molecular complexity index is 1130. The fourth-order valence-corrected chi connectivity index (χ4v) is 6.27. The molecule has 1 aromatic heterocycles. The van der Waals surface area contributed by atoms with Gasteiger partial charge in [-0.25, -0.2) is 4.79 Å². The minimum Gasteiger partial charge on any atom is -0.496 e. The number of aromatic carboxylic acids is 1. The first kappa shape index (κ1) is 22.0. The number of piperidine rings is 1. The normalized spacial score (nSPS) is 22.1. The molecule has 0 amide bonds. The predicted octanol–water partition coefficient (Wildman–Crippen LogP) is 6.33. The maximum atomic E-state index is 11.4. The quantitative estimate of drug-likeness (QED) is 0.465. The molecule has 5 heteroatoms. The van der Waals surface area contributed by atoms with Crippen LogP contribution in [0.25, 0.3) is 10.9 Å². The lowest BCUT2D eigenvalue weighted by Gasteiger charge is -2.42. The molecule has 1 saturated heterocycles. The van der Waals surface area contributed by atoms with Gasteiger partial charge in [-0.3, -0.25) is 4.90 Å². The molecule has 174 valence electrons. The van der Waals surface area contributed by atoms with Crippen molar-refractivity contribution in [3.63, 3.8) is 0 Å². The number of aromatic amines is 1. The van der Waals surface area contributed by atoms with Crippen LogP contribution in [0, 0.1) is 18.8 Å². The molecule has 3 aromatic rings. The SMILES string of the molecule is COc1cc(C)c2[nH]ccc2c1CN1CC[C@H](C2CCCC2)CC1c1ccc(C(=O)O)cc1. The summed E-state index contributed by atoms with van der Waals surface area (Å²) in [6.07, 6.45) is 9.86. The lowest BCUT2D eigenvalue weighted by Crippen LogP contribution is -2.38. The van der Waals surface area contributed by atoms with Crippen LogP contribution < -0.4 is 4.74 Å². The molecule has 5 nitrogen and oxygen atoms in total. The van der Waals surface area contributed by atoms with Crippen LogP contribution in [0.3, 0.4) is 0 Å². The number of likely N-dealkylation sites (tertiary alicyclic amines) is 1. The summed E-state index contributed by atoms with van der Waals surface area (Å²) >= 11 is 0. The number of H-pyrrole nitrogens is 1. The zero-order valence-electron chi connectivity index (χ0n) is 19.6. The highest BCUT2D eigenvalue weighted by Gasteiger charge is 2.35. The molecule has 0 bridgehead atoms. The number of benzene rings is 2.